The van der Waals surface area contributed by atoms with Gasteiger partial charge >= 0.3 is 0 Å². The van der Waals surface area contributed by atoms with Crippen LogP contribution in [0.2, 0.25) is 0 Å². The second kappa shape index (κ2) is 3.99. The van der Waals surface area contributed by atoms with Crippen LogP contribution in [0.3, 0.4) is 0 Å². The monoisotopic (exact) mass is 259 g/mol. The van der Waals surface area contributed by atoms with Crippen molar-refractivity contribution in [3.63, 3.8) is 0 Å². The highest BCUT2D eigenvalue weighted by atomic mass is 32.1. The maximum Gasteiger partial charge on any atom is 0.130 e. The quantitative estimate of drug-likeness (QED) is 0.767. The minimum absolute atomic E-state index is 0.665. The van der Waals surface area contributed by atoms with E-state index in [0.717, 1.165) is 21.8 Å². The van der Waals surface area contributed by atoms with Gasteiger partial charge in [0.15, 0.2) is 0 Å². The lowest BCUT2D eigenvalue weighted by Crippen LogP contribution is -1.97. The number of nitrogens with zero attached hydrogens (tertiary/aromatic N) is 4. The molecule has 6 heteroatoms. The summed E-state index contributed by atoms with van der Waals surface area (Å²) in [6.07, 6.45) is 1.90. The van der Waals surface area contributed by atoms with E-state index in [1.807, 2.05) is 43.9 Å². The molecule has 0 unspecified atom stereocenters. The molecule has 0 saturated heterocycles. The summed E-state index contributed by atoms with van der Waals surface area (Å²) in [7, 11) is 3.74. The molecule has 0 radical (unpaired) electrons. The molecule has 18 heavy (non-hydrogen) atoms. The summed E-state index contributed by atoms with van der Waals surface area (Å²) in [6.45, 7) is 0. The van der Waals surface area contributed by atoms with E-state index in [0.29, 0.717) is 5.82 Å². The van der Waals surface area contributed by atoms with E-state index in [2.05, 4.69) is 10.2 Å². The van der Waals surface area contributed by atoms with Gasteiger partial charge in [-0.15, -0.1) is 11.3 Å². The molecule has 0 amide bonds. The molecule has 0 spiro atoms. The fourth-order valence-electron chi connectivity index (χ4n) is 1.92. The maximum atomic E-state index is 6.11. The molecule has 3 rings (SSSR count). The van der Waals surface area contributed by atoms with Crippen molar-refractivity contribution in [2.75, 3.05) is 5.73 Å². The van der Waals surface area contributed by atoms with Gasteiger partial charge in [-0.2, -0.15) is 10.2 Å². The van der Waals surface area contributed by atoms with E-state index in [9.17, 15) is 0 Å². The minimum Gasteiger partial charge on any atom is -0.383 e. The molecule has 0 aliphatic rings. The van der Waals surface area contributed by atoms with Crippen LogP contribution in [0, 0.1) is 0 Å². The Kier molecular flexibility index (Phi) is 2.45. The molecule has 0 saturated carbocycles. The summed E-state index contributed by atoms with van der Waals surface area (Å²) in [4.78, 5) is 1.11. The average molecular weight is 259 g/mol. The van der Waals surface area contributed by atoms with E-state index in [4.69, 9.17) is 5.73 Å². The van der Waals surface area contributed by atoms with Gasteiger partial charge in [0.1, 0.15) is 17.2 Å². The Hall–Kier alpha value is -2.08. The van der Waals surface area contributed by atoms with Crippen LogP contribution < -0.4 is 5.73 Å². The number of nitrogen functional groups attached to an aromatic ring is 1. The lowest BCUT2D eigenvalue weighted by molar-refractivity contribution is 0.760. The normalized spacial score (nSPS) is 11.0. The first-order chi connectivity index (χ1) is 8.66. The smallest absolute Gasteiger partial charge is 0.130 e. The fourth-order valence-corrected chi connectivity index (χ4v) is 2.70. The number of anilines is 1. The number of hydrogen-bond donors (Lipinski definition) is 1. The Morgan fingerprint density at radius 3 is 2.67 bits per heavy atom. The predicted molar refractivity (Wildman–Crippen MR) is 73.1 cm³/mol. The third kappa shape index (κ3) is 1.62. The Bertz CT molecular complexity index is 677. The summed E-state index contributed by atoms with van der Waals surface area (Å²) in [5.74, 6) is 0.665. The van der Waals surface area contributed by atoms with E-state index in [1.165, 1.54) is 0 Å². The molecule has 0 aromatic carbocycles. The first-order valence-corrected chi connectivity index (χ1v) is 6.41. The van der Waals surface area contributed by atoms with E-state index in [1.54, 1.807) is 20.7 Å². The van der Waals surface area contributed by atoms with Crippen LogP contribution in [0.25, 0.3) is 21.8 Å². The van der Waals surface area contributed by atoms with Crippen molar-refractivity contribution in [3.05, 3.63) is 29.8 Å². The van der Waals surface area contributed by atoms with Crippen LogP contribution >= 0.6 is 11.3 Å². The zero-order chi connectivity index (χ0) is 12.7. The van der Waals surface area contributed by atoms with Gasteiger partial charge in [-0.25, -0.2) is 0 Å². The topological polar surface area (TPSA) is 61.7 Å². The molecular weight excluding hydrogens is 246 g/mol. The van der Waals surface area contributed by atoms with Crippen molar-refractivity contribution in [1.82, 2.24) is 19.6 Å². The average Bonchev–Trinajstić information content (AvgIpc) is 3.02. The molecule has 3 heterocycles. The summed E-state index contributed by atoms with van der Waals surface area (Å²) in [6, 6.07) is 6.00. The Morgan fingerprint density at radius 2 is 2.06 bits per heavy atom. The number of hydrogen-bond acceptors (Lipinski definition) is 4. The standard InChI is InChI=1S/C12H13N5S/c1-16-6-5-8(14-16)11-10(9-4-3-7-18-9)12(13)17(2)15-11/h3-7H,13H2,1-2H3. The van der Waals surface area contributed by atoms with Crippen molar-refractivity contribution >= 4 is 17.2 Å². The van der Waals surface area contributed by atoms with Gasteiger partial charge in [0.2, 0.25) is 0 Å². The van der Waals surface area contributed by atoms with Gasteiger partial charge in [-0.1, -0.05) is 6.07 Å². The summed E-state index contributed by atoms with van der Waals surface area (Å²) >= 11 is 1.65. The first-order valence-electron chi connectivity index (χ1n) is 5.53. The van der Waals surface area contributed by atoms with E-state index >= 15 is 0 Å². The van der Waals surface area contributed by atoms with Crippen LogP contribution in [0.5, 0.6) is 0 Å². The van der Waals surface area contributed by atoms with Crippen LogP contribution in [0.4, 0.5) is 5.82 Å². The molecule has 0 fully saturated rings. The van der Waals surface area contributed by atoms with Crippen LogP contribution in [0.15, 0.2) is 29.8 Å². The SMILES string of the molecule is Cn1ccc(-c2nn(C)c(N)c2-c2cccs2)n1. The molecule has 0 aliphatic carbocycles. The van der Waals surface area contributed by atoms with Crippen molar-refractivity contribution in [1.29, 1.82) is 0 Å². The molecule has 2 N–H and O–H groups in total. The fraction of sp³-hybridized carbons (Fsp3) is 0.167. The molecule has 92 valence electrons. The molecule has 0 atom stereocenters. The van der Waals surface area contributed by atoms with E-state index < -0.39 is 0 Å². The lowest BCUT2D eigenvalue weighted by atomic mass is 10.1. The van der Waals surface area contributed by atoms with Gasteiger partial charge in [-0.05, 0) is 17.5 Å². The molecule has 0 aliphatic heterocycles. The molecule has 5 nitrogen and oxygen atoms in total. The maximum absolute atomic E-state index is 6.11. The number of rotatable bonds is 2. The zero-order valence-electron chi connectivity index (χ0n) is 10.2. The molecular formula is C12H13N5S. The number of aromatic nitrogens is 4. The molecule has 0 bridgehead atoms. The predicted octanol–water partition coefficient (Wildman–Crippen LogP) is 2.13. The van der Waals surface area contributed by atoms with Gasteiger partial charge < -0.3 is 5.73 Å². The Balaban J connectivity index is 2.24. The minimum atomic E-state index is 0.665. The largest absolute Gasteiger partial charge is 0.383 e. The second-order valence-corrected chi connectivity index (χ2v) is 5.03. The van der Waals surface area contributed by atoms with Crippen LogP contribution in [0.1, 0.15) is 0 Å². The van der Waals surface area contributed by atoms with Gasteiger partial charge in [0.25, 0.3) is 0 Å². The third-order valence-corrected chi connectivity index (χ3v) is 3.70. The summed E-state index contributed by atoms with van der Waals surface area (Å²) in [5, 5.41) is 10.9. The van der Waals surface area contributed by atoms with Gasteiger partial charge in [-0.3, -0.25) is 9.36 Å². The van der Waals surface area contributed by atoms with Crippen molar-refractivity contribution in [2.45, 2.75) is 0 Å². The number of nitrogens with two attached hydrogens (primary N) is 1. The number of aryl methyl sites for hydroxylation is 2. The second-order valence-electron chi connectivity index (χ2n) is 4.08. The highest BCUT2D eigenvalue weighted by Gasteiger charge is 2.19. The van der Waals surface area contributed by atoms with Crippen molar-refractivity contribution < 1.29 is 0 Å². The molecule has 3 aromatic heterocycles. The van der Waals surface area contributed by atoms with Gasteiger partial charge in [0, 0.05) is 25.2 Å². The first kappa shape index (κ1) is 11.0. The third-order valence-electron chi connectivity index (χ3n) is 2.82. The molecule has 3 aromatic rings. The highest BCUT2D eigenvalue weighted by Crippen LogP contribution is 2.37. The Labute approximate surface area is 108 Å². The van der Waals surface area contributed by atoms with Crippen molar-refractivity contribution in [2.24, 2.45) is 14.1 Å². The summed E-state index contributed by atoms with van der Waals surface area (Å²) < 4.78 is 3.46. The van der Waals surface area contributed by atoms with Crippen LogP contribution in [-0.4, -0.2) is 19.6 Å². The zero-order valence-corrected chi connectivity index (χ0v) is 11.0. The Morgan fingerprint density at radius 1 is 1.22 bits per heavy atom. The van der Waals surface area contributed by atoms with Gasteiger partial charge in [0.05, 0.1) is 5.56 Å². The highest BCUT2D eigenvalue weighted by molar-refractivity contribution is 7.13. The summed E-state index contributed by atoms with van der Waals surface area (Å²) in [5.41, 5.74) is 8.75. The number of thiophene rings is 1. The van der Waals surface area contributed by atoms with E-state index in [-0.39, 0.29) is 0 Å². The van der Waals surface area contributed by atoms with Crippen molar-refractivity contribution in [3.8, 4) is 21.8 Å². The van der Waals surface area contributed by atoms with Crippen LogP contribution in [-0.2, 0) is 14.1 Å². The lowest BCUT2D eigenvalue weighted by Gasteiger charge is -1.98.